The Morgan fingerprint density at radius 2 is 1.44 bits per heavy atom. The standard InChI is InChI=1S/C29H27FO4S2/c1-21-12-18-24(19-13-21)35(31)28-11-7-6-10-26(28)29(30)27(22-14-16-23(34-2)17-15-22)20-36(32,33)25-8-4-3-5-9-25/h3-19,27,29H,20H2,1-2H3/t27-,29+,35?/m1/s1. The second-order valence-corrected chi connectivity index (χ2v) is 12.0. The molecule has 1 unspecified atom stereocenters. The van der Waals surface area contributed by atoms with Crippen LogP contribution >= 0.6 is 0 Å². The Hall–Kier alpha value is -3.29. The van der Waals surface area contributed by atoms with Gasteiger partial charge in [0, 0.05) is 21.3 Å². The van der Waals surface area contributed by atoms with Gasteiger partial charge in [0.2, 0.25) is 0 Å². The predicted molar refractivity (Wildman–Crippen MR) is 140 cm³/mol. The van der Waals surface area contributed by atoms with E-state index in [0.717, 1.165) is 5.56 Å². The number of ether oxygens (including phenoxy) is 1. The number of rotatable bonds is 9. The van der Waals surface area contributed by atoms with Crippen molar-refractivity contribution in [2.75, 3.05) is 12.9 Å². The molecule has 7 heteroatoms. The van der Waals surface area contributed by atoms with Crippen molar-refractivity contribution in [1.82, 2.24) is 0 Å². The number of benzene rings is 4. The molecule has 0 aliphatic heterocycles. The zero-order valence-corrected chi connectivity index (χ0v) is 21.6. The minimum Gasteiger partial charge on any atom is -0.497 e. The van der Waals surface area contributed by atoms with Crippen LogP contribution in [0.25, 0.3) is 0 Å². The Labute approximate surface area is 214 Å². The van der Waals surface area contributed by atoms with Gasteiger partial charge in [-0.15, -0.1) is 0 Å². The number of sulfone groups is 1. The summed E-state index contributed by atoms with van der Waals surface area (Å²) in [6.07, 6.45) is -1.72. The van der Waals surface area contributed by atoms with Crippen molar-refractivity contribution in [1.29, 1.82) is 0 Å². The van der Waals surface area contributed by atoms with Gasteiger partial charge < -0.3 is 4.74 Å². The Morgan fingerprint density at radius 1 is 0.833 bits per heavy atom. The van der Waals surface area contributed by atoms with Gasteiger partial charge in [-0.05, 0) is 55.0 Å². The zero-order chi connectivity index (χ0) is 25.7. The third kappa shape index (κ3) is 5.74. The summed E-state index contributed by atoms with van der Waals surface area (Å²) in [6, 6.07) is 28.6. The average Bonchev–Trinajstić information content (AvgIpc) is 2.92. The maximum Gasteiger partial charge on any atom is 0.179 e. The van der Waals surface area contributed by atoms with Crippen LogP contribution in [0.4, 0.5) is 4.39 Å². The van der Waals surface area contributed by atoms with Crippen LogP contribution in [-0.2, 0) is 20.6 Å². The molecule has 0 N–H and O–H groups in total. The molecule has 0 heterocycles. The van der Waals surface area contributed by atoms with Crippen molar-refractivity contribution in [3.8, 4) is 5.75 Å². The second-order valence-electron chi connectivity index (χ2n) is 8.50. The van der Waals surface area contributed by atoms with Gasteiger partial charge in [-0.2, -0.15) is 0 Å². The van der Waals surface area contributed by atoms with E-state index in [9.17, 15) is 12.6 Å². The summed E-state index contributed by atoms with van der Waals surface area (Å²) in [5.74, 6) is -0.896. The minimum absolute atomic E-state index is 0.132. The Kier molecular flexibility index (Phi) is 8.01. The lowest BCUT2D eigenvalue weighted by atomic mass is 9.91. The molecule has 4 nitrogen and oxygen atoms in total. The van der Waals surface area contributed by atoms with Crippen LogP contribution in [0.1, 0.15) is 28.8 Å². The van der Waals surface area contributed by atoms with E-state index in [1.165, 1.54) is 19.2 Å². The summed E-state index contributed by atoms with van der Waals surface area (Å²) >= 11 is 0. The molecular weight excluding hydrogens is 495 g/mol. The Balaban J connectivity index is 1.77. The molecule has 0 bridgehead atoms. The molecule has 4 rings (SSSR count). The first kappa shape index (κ1) is 25.8. The molecule has 186 valence electrons. The highest BCUT2D eigenvalue weighted by atomic mass is 32.2. The number of hydrogen-bond donors (Lipinski definition) is 0. The van der Waals surface area contributed by atoms with E-state index in [4.69, 9.17) is 4.74 Å². The number of methoxy groups -OCH3 is 1. The first-order valence-corrected chi connectivity index (χ1v) is 14.2. The van der Waals surface area contributed by atoms with Gasteiger partial charge in [0.05, 0.1) is 28.6 Å². The van der Waals surface area contributed by atoms with Crippen molar-refractivity contribution in [3.05, 3.63) is 120 Å². The number of aryl methyl sites for hydroxylation is 1. The predicted octanol–water partition coefficient (Wildman–Crippen LogP) is 6.44. The van der Waals surface area contributed by atoms with E-state index < -0.39 is 38.5 Å². The molecule has 4 aromatic rings. The van der Waals surface area contributed by atoms with Crippen molar-refractivity contribution >= 4 is 20.6 Å². The van der Waals surface area contributed by atoms with Gasteiger partial charge >= 0.3 is 0 Å². The first-order valence-electron chi connectivity index (χ1n) is 11.4. The Bertz CT molecular complexity index is 1440. The van der Waals surface area contributed by atoms with Gasteiger partial charge in [0.25, 0.3) is 0 Å². The average molecular weight is 523 g/mol. The molecule has 0 aliphatic carbocycles. The molecule has 0 radical (unpaired) electrons. The maximum absolute atomic E-state index is 16.5. The van der Waals surface area contributed by atoms with Crippen molar-refractivity contribution in [2.24, 2.45) is 0 Å². The van der Waals surface area contributed by atoms with Crippen molar-refractivity contribution < 1.29 is 21.8 Å². The van der Waals surface area contributed by atoms with Gasteiger partial charge in [0.15, 0.2) is 9.84 Å². The number of hydrogen-bond acceptors (Lipinski definition) is 4. The molecule has 0 fully saturated rings. The summed E-state index contributed by atoms with van der Waals surface area (Å²) < 4.78 is 61.7. The summed E-state index contributed by atoms with van der Waals surface area (Å²) in [7, 11) is -3.92. The molecule has 3 atom stereocenters. The van der Waals surface area contributed by atoms with Crippen LogP contribution in [-0.4, -0.2) is 25.5 Å². The van der Waals surface area contributed by atoms with E-state index in [1.54, 1.807) is 78.9 Å². The third-order valence-corrected chi connectivity index (χ3v) is 9.31. The fraction of sp³-hybridized carbons (Fsp3) is 0.172. The Morgan fingerprint density at radius 3 is 2.08 bits per heavy atom. The van der Waals surface area contributed by atoms with E-state index in [-0.39, 0.29) is 10.5 Å². The lowest BCUT2D eigenvalue weighted by Crippen LogP contribution is -2.20. The summed E-state index contributed by atoms with van der Waals surface area (Å²) in [4.78, 5) is 1.01. The minimum atomic E-state index is -3.81. The van der Waals surface area contributed by atoms with Gasteiger partial charge in [0.1, 0.15) is 11.9 Å². The quantitative estimate of drug-likeness (QED) is 0.254. The van der Waals surface area contributed by atoms with Crippen LogP contribution < -0.4 is 4.74 Å². The molecule has 36 heavy (non-hydrogen) atoms. The fourth-order valence-electron chi connectivity index (χ4n) is 4.04. The molecule has 0 aromatic heterocycles. The molecule has 0 aliphatic rings. The van der Waals surface area contributed by atoms with Crippen molar-refractivity contribution in [3.63, 3.8) is 0 Å². The van der Waals surface area contributed by atoms with Gasteiger partial charge in [-0.1, -0.05) is 66.2 Å². The number of halogens is 1. The highest BCUT2D eigenvalue weighted by Crippen LogP contribution is 2.40. The van der Waals surface area contributed by atoms with Gasteiger partial charge in [-0.3, -0.25) is 0 Å². The molecule has 0 amide bonds. The van der Waals surface area contributed by atoms with Crippen LogP contribution in [0, 0.1) is 6.92 Å². The highest BCUT2D eigenvalue weighted by molar-refractivity contribution is 7.91. The van der Waals surface area contributed by atoms with Crippen LogP contribution in [0.2, 0.25) is 0 Å². The SMILES string of the molecule is COc1ccc([C@@H](CS(=O)(=O)c2ccccc2)[C@@H](F)c2ccccc2S(=O)c2ccc(C)cc2)cc1. The monoisotopic (exact) mass is 522 g/mol. The lowest BCUT2D eigenvalue weighted by molar-refractivity contribution is 0.295. The van der Waals surface area contributed by atoms with E-state index >= 15 is 4.39 Å². The summed E-state index contributed by atoms with van der Waals surface area (Å²) in [6.45, 7) is 1.94. The third-order valence-electron chi connectivity index (χ3n) is 6.05. The summed E-state index contributed by atoms with van der Waals surface area (Å²) in [5, 5.41) is 0. The van der Waals surface area contributed by atoms with E-state index in [2.05, 4.69) is 0 Å². The lowest BCUT2D eigenvalue weighted by Gasteiger charge is -2.24. The molecular formula is C29H27FO4S2. The zero-order valence-electron chi connectivity index (χ0n) is 20.0. The molecule has 0 spiro atoms. The molecule has 0 saturated carbocycles. The number of alkyl halides is 1. The van der Waals surface area contributed by atoms with Crippen LogP contribution in [0.5, 0.6) is 5.75 Å². The van der Waals surface area contributed by atoms with Crippen LogP contribution in [0.3, 0.4) is 0 Å². The highest BCUT2D eigenvalue weighted by Gasteiger charge is 2.33. The largest absolute Gasteiger partial charge is 0.497 e. The summed E-state index contributed by atoms with van der Waals surface area (Å²) in [5.41, 5.74) is 1.75. The van der Waals surface area contributed by atoms with Crippen LogP contribution in [0.15, 0.2) is 118 Å². The topological polar surface area (TPSA) is 60.4 Å². The maximum atomic E-state index is 16.5. The first-order chi connectivity index (χ1) is 17.3. The van der Waals surface area contributed by atoms with Gasteiger partial charge in [-0.25, -0.2) is 17.0 Å². The second kappa shape index (κ2) is 11.2. The smallest absolute Gasteiger partial charge is 0.179 e. The molecule has 4 aromatic carbocycles. The van der Waals surface area contributed by atoms with Crippen molar-refractivity contribution in [2.45, 2.75) is 33.7 Å². The van der Waals surface area contributed by atoms with E-state index in [1.807, 2.05) is 19.1 Å². The van der Waals surface area contributed by atoms with E-state index in [0.29, 0.717) is 21.1 Å². The normalized spacial score (nSPS) is 14.1. The molecule has 0 saturated heterocycles. The fourth-order valence-corrected chi connectivity index (χ4v) is 6.88.